The van der Waals surface area contributed by atoms with Gasteiger partial charge in [0.15, 0.2) is 0 Å². The first kappa shape index (κ1) is 17.4. The third-order valence-corrected chi connectivity index (χ3v) is 7.12. The van der Waals surface area contributed by atoms with Crippen LogP contribution in [0.5, 0.6) is 0 Å². The molecular formula is C17H24N2O4S. The van der Waals surface area contributed by atoms with Crippen LogP contribution < -0.4 is 0 Å². The van der Waals surface area contributed by atoms with E-state index in [0.717, 1.165) is 30.4 Å². The van der Waals surface area contributed by atoms with Crippen LogP contribution in [0.4, 0.5) is 0 Å². The Bertz CT molecular complexity index is 719. The smallest absolute Gasteiger partial charge is 0.324 e. The van der Waals surface area contributed by atoms with Crippen molar-refractivity contribution in [1.82, 2.24) is 8.61 Å². The fraction of sp³-hybridized carbons (Fsp3) is 0.588. The molecule has 0 aliphatic carbocycles. The quantitative estimate of drug-likeness (QED) is 0.777. The molecule has 6 nitrogen and oxygen atoms in total. The molecule has 0 saturated carbocycles. The molecule has 0 aromatic heterocycles. The predicted octanol–water partition coefficient (Wildman–Crippen LogP) is 1.71. The number of hydrogen-bond donors (Lipinski definition) is 0. The second kappa shape index (κ2) is 6.82. The average molecular weight is 352 g/mol. The summed E-state index contributed by atoms with van der Waals surface area (Å²) in [6.07, 6.45) is 3.10. The lowest BCUT2D eigenvalue weighted by atomic mass is 9.96. The van der Waals surface area contributed by atoms with Crippen molar-refractivity contribution < 1.29 is 17.9 Å². The van der Waals surface area contributed by atoms with Gasteiger partial charge >= 0.3 is 5.97 Å². The van der Waals surface area contributed by atoms with E-state index in [1.165, 1.54) is 11.4 Å². The first-order valence-electron chi connectivity index (χ1n) is 8.38. The fourth-order valence-electron chi connectivity index (χ4n) is 3.63. The molecule has 3 rings (SSSR count). The largest absolute Gasteiger partial charge is 0.468 e. The SMILES string of the molecule is COC(=O)[C@H]1Cc2ccccc2CN1S(=O)(=O)N1CCCC[C@@H]1C. The Morgan fingerprint density at radius 3 is 2.54 bits per heavy atom. The van der Waals surface area contributed by atoms with Gasteiger partial charge in [-0.15, -0.1) is 0 Å². The zero-order valence-corrected chi connectivity index (χ0v) is 15.0. The topological polar surface area (TPSA) is 66.9 Å². The van der Waals surface area contributed by atoms with Crippen molar-refractivity contribution >= 4 is 16.2 Å². The van der Waals surface area contributed by atoms with Gasteiger partial charge in [-0.2, -0.15) is 17.0 Å². The first-order valence-corrected chi connectivity index (χ1v) is 9.78. The highest BCUT2D eigenvalue weighted by atomic mass is 32.2. The van der Waals surface area contributed by atoms with Crippen molar-refractivity contribution in [3.8, 4) is 0 Å². The predicted molar refractivity (Wildman–Crippen MR) is 90.4 cm³/mol. The lowest BCUT2D eigenvalue weighted by Gasteiger charge is -2.40. The Hall–Kier alpha value is -1.44. The van der Waals surface area contributed by atoms with Gasteiger partial charge in [0.2, 0.25) is 0 Å². The molecule has 1 aromatic carbocycles. The molecule has 0 amide bonds. The number of benzene rings is 1. The monoisotopic (exact) mass is 352 g/mol. The van der Waals surface area contributed by atoms with Gasteiger partial charge in [0.25, 0.3) is 10.2 Å². The van der Waals surface area contributed by atoms with E-state index in [0.29, 0.717) is 13.0 Å². The van der Waals surface area contributed by atoms with Crippen LogP contribution >= 0.6 is 0 Å². The molecule has 132 valence electrons. The number of esters is 1. The third-order valence-electron chi connectivity index (χ3n) is 5.01. The average Bonchev–Trinajstić information content (AvgIpc) is 2.60. The highest BCUT2D eigenvalue weighted by Crippen LogP contribution is 2.30. The van der Waals surface area contributed by atoms with E-state index in [-0.39, 0.29) is 12.6 Å². The Balaban J connectivity index is 1.98. The standard InChI is InChI=1S/C17H24N2O4S/c1-13-7-5-6-10-18(13)24(21,22)19-12-15-9-4-3-8-14(15)11-16(19)17(20)23-2/h3-4,8-9,13,16H,5-7,10-12H2,1-2H3/t13-,16+/m0/s1. The van der Waals surface area contributed by atoms with Gasteiger partial charge < -0.3 is 4.74 Å². The van der Waals surface area contributed by atoms with Crippen molar-refractivity contribution in [3.05, 3.63) is 35.4 Å². The van der Waals surface area contributed by atoms with Crippen molar-refractivity contribution in [1.29, 1.82) is 0 Å². The molecule has 0 N–H and O–H groups in total. The first-order chi connectivity index (χ1) is 11.4. The molecule has 7 heteroatoms. The Morgan fingerprint density at radius 1 is 1.17 bits per heavy atom. The third kappa shape index (κ3) is 3.08. The normalized spacial score (nSPS) is 25.9. The van der Waals surface area contributed by atoms with Crippen LogP contribution in [0, 0.1) is 0 Å². The van der Waals surface area contributed by atoms with Gasteiger partial charge in [0, 0.05) is 25.6 Å². The van der Waals surface area contributed by atoms with E-state index in [9.17, 15) is 13.2 Å². The molecule has 24 heavy (non-hydrogen) atoms. The van der Waals surface area contributed by atoms with Crippen molar-refractivity contribution in [2.45, 2.75) is 51.2 Å². The number of hydrogen-bond acceptors (Lipinski definition) is 4. The van der Waals surface area contributed by atoms with Crippen LogP contribution in [0.2, 0.25) is 0 Å². The van der Waals surface area contributed by atoms with Crippen LogP contribution in [0.1, 0.15) is 37.3 Å². The number of methoxy groups -OCH3 is 1. The molecular weight excluding hydrogens is 328 g/mol. The van der Waals surface area contributed by atoms with Gasteiger partial charge in [0.1, 0.15) is 6.04 Å². The molecule has 2 heterocycles. The van der Waals surface area contributed by atoms with Gasteiger partial charge in [-0.3, -0.25) is 4.79 Å². The maximum absolute atomic E-state index is 13.2. The van der Waals surface area contributed by atoms with E-state index in [2.05, 4.69) is 0 Å². The Labute approximate surface area is 143 Å². The van der Waals surface area contributed by atoms with Crippen molar-refractivity contribution in [2.75, 3.05) is 13.7 Å². The van der Waals surface area contributed by atoms with Crippen molar-refractivity contribution in [2.24, 2.45) is 0 Å². The van der Waals surface area contributed by atoms with Crippen LogP contribution in [-0.2, 0) is 32.7 Å². The number of piperidine rings is 1. The van der Waals surface area contributed by atoms with E-state index < -0.39 is 22.2 Å². The minimum Gasteiger partial charge on any atom is -0.468 e. The molecule has 0 unspecified atom stereocenters. The second-order valence-electron chi connectivity index (χ2n) is 6.52. The zero-order valence-electron chi connectivity index (χ0n) is 14.1. The van der Waals surface area contributed by atoms with E-state index in [1.54, 1.807) is 4.31 Å². The minimum absolute atomic E-state index is 0.0424. The number of fused-ring (bicyclic) bond motifs is 1. The minimum atomic E-state index is -3.72. The van der Waals surface area contributed by atoms with Crippen LogP contribution in [-0.4, -0.2) is 48.7 Å². The molecule has 1 saturated heterocycles. The number of ether oxygens (including phenoxy) is 1. The summed E-state index contributed by atoms with van der Waals surface area (Å²) < 4.78 is 34.2. The van der Waals surface area contributed by atoms with Gasteiger partial charge in [-0.05, 0) is 30.9 Å². The summed E-state index contributed by atoms with van der Waals surface area (Å²) in [6.45, 7) is 2.65. The van der Waals surface area contributed by atoms with Crippen LogP contribution in [0.3, 0.4) is 0 Å². The summed E-state index contributed by atoms with van der Waals surface area (Å²) >= 11 is 0. The van der Waals surface area contributed by atoms with Crippen LogP contribution in [0.25, 0.3) is 0 Å². The summed E-state index contributed by atoms with van der Waals surface area (Å²) in [5.41, 5.74) is 1.96. The Morgan fingerprint density at radius 2 is 1.88 bits per heavy atom. The maximum atomic E-state index is 13.2. The number of carbonyl (C=O) groups is 1. The maximum Gasteiger partial charge on any atom is 0.324 e. The highest BCUT2D eigenvalue weighted by Gasteiger charge is 2.43. The van der Waals surface area contributed by atoms with Crippen LogP contribution in [0.15, 0.2) is 24.3 Å². The molecule has 0 spiro atoms. The van der Waals surface area contributed by atoms with E-state index >= 15 is 0 Å². The molecule has 2 aliphatic heterocycles. The molecule has 0 bridgehead atoms. The van der Waals surface area contributed by atoms with Gasteiger partial charge in [0.05, 0.1) is 7.11 Å². The van der Waals surface area contributed by atoms with E-state index in [1.807, 2.05) is 31.2 Å². The Kier molecular flexibility index (Phi) is 4.94. The summed E-state index contributed by atoms with van der Waals surface area (Å²) in [5.74, 6) is -0.502. The highest BCUT2D eigenvalue weighted by molar-refractivity contribution is 7.86. The van der Waals surface area contributed by atoms with Crippen molar-refractivity contribution in [3.63, 3.8) is 0 Å². The zero-order chi connectivity index (χ0) is 17.3. The number of carbonyl (C=O) groups excluding carboxylic acids is 1. The summed E-state index contributed by atoms with van der Waals surface area (Å²) in [6, 6.07) is 6.82. The number of rotatable bonds is 3. The van der Waals surface area contributed by atoms with Gasteiger partial charge in [-0.25, -0.2) is 0 Å². The summed E-state index contributed by atoms with van der Waals surface area (Å²) in [5, 5.41) is 0. The lowest BCUT2D eigenvalue weighted by molar-refractivity contribution is -0.145. The second-order valence-corrected chi connectivity index (χ2v) is 8.35. The summed E-state index contributed by atoms with van der Waals surface area (Å²) in [4.78, 5) is 12.3. The van der Waals surface area contributed by atoms with Gasteiger partial charge in [-0.1, -0.05) is 30.7 Å². The number of nitrogens with zero attached hydrogens (tertiary/aromatic N) is 2. The molecule has 0 radical (unpaired) electrons. The summed E-state index contributed by atoms with van der Waals surface area (Å²) in [7, 11) is -2.41. The molecule has 2 atom stereocenters. The molecule has 1 aromatic rings. The molecule has 1 fully saturated rings. The van der Waals surface area contributed by atoms with E-state index in [4.69, 9.17) is 4.74 Å². The fourth-order valence-corrected chi connectivity index (χ4v) is 5.60. The lowest BCUT2D eigenvalue weighted by Crippen LogP contribution is -2.56. The molecule has 2 aliphatic rings.